The molecule has 0 aliphatic heterocycles. The van der Waals surface area contributed by atoms with Crippen molar-refractivity contribution in [2.45, 2.75) is 13.3 Å². The second-order valence-corrected chi connectivity index (χ2v) is 4.56. The fraction of sp³-hybridized carbons (Fsp3) is 0.143. The number of pyridine rings is 1. The summed E-state index contributed by atoms with van der Waals surface area (Å²) in [5, 5.41) is 0.673. The molecular formula is C14H14Cl2N2O. The van der Waals surface area contributed by atoms with Crippen molar-refractivity contribution in [1.29, 1.82) is 0 Å². The van der Waals surface area contributed by atoms with Gasteiger partial charge in [0.1, 0.15) is 0 Å². The molecule has 5 heteroatoms. The quantitative estimate of drug-likeness (QED) is 0.743. The van der Waals surface area contributed by atoms with Gasteiger partial charge in [-0.25, -0.2) is 0 Å². The van der Waals surface area contributed by atoms with Crippen LogP contribution < -0.4 is 22.5 Å². The first-order chi connectivity index (χ1) is 8.63. The smallest absolute Gasteiger partial charge is 0.279 e. The number of hydrogen-bond donors (Lipinski definition) is 1. The molecular weight excluding hydrogens is 283 g/mol. The van der Waals surface area contributed by atoms with E-state index in [4.69, 9.17) is 11.6 Å². The summed E-state index contributed by atoms with van der Waals surface area (Å²) in [5.41, 5.74) is 4.86. The molecule has 0 bridgehead atoms. The molecule has 1 aromatic heterocycles. The van der Waals surface area contributed by atoms with Crippen molar-refractivity contribution in [2.24, 2.45) is 0 Å². The number of nitrogens with zero attached hydrogens (tertiary/aromatic N) is 1. The molecule has 1 aromatic carbocycles. The van der Waals surface area contributed by atoms with Crippen LogP contribution in [0, 0.1) is 6.92 Å². The van der Waals surface area contributed by atoms with Crippen LogP contribution in [0.15, 0.2) is 48.8 Å². The van der Waals surface area contributed by atoms with Gasteiger partial charge in [0, 0.05) is 17.2 Å². The highest BCUT2D eigenvalue weighted by Crippen LogP contribution is 2.09. The molecule has 100 valence electrons. The van der Waals surface area contributed by atoms with E-state index in [1.807, 2.05) is 43.6 Å². The van der Waals surface area contributed by atoms with Gasteiger partial charge >= 0.3 is 0 Å². The summed E-state index contributed by atoms with van der Waals surface area (Å²) in [6.45, 7) is 2.00. The highest BCUT2D eigenvalue weighted by Gasteiger charge is 2.08. The normalized spacial score (nSPS) is 9.58. The molecule has 3 nitrogen and oxygen atoms in total. The zero-order chi connectivity index (χ0) is 13.0. The first kappa shape index (κ1) is 15.5. The van der Waals surface area contributed by atoms with Gasteiger partial charge in [-0.15, -0.1) is 5.43 Å². The maximum atomic E-state index is 11.8. The molecule has 0 aliphatic rings. The van der Waals surface area contributed by atoms with Crippen LogP contribution >= 0.6 is 11.6 Å². The Morgan fingerprint density at radius 3 is 2.32 bits per heavy atom. The minimum Gasteiger partial charge on any atom is -1.00 e. The van der Waals surface area contributed by atoms with Gasteiger partial charge in [-0.05, 0) is 30.2 Å². The monoisotopic (exact) mass is 296 g/mol. The average Bonchev–Trinajstić information content (AvgIpc) is 2.35. The van der Waals surface area contributed by atoms with Crippen LogP contribution in [0.3, 0.4) is 0 Å². The molecule has 0 spiro atoms. The molecule has 1 amide bonds. The number of halogens is 2. The number of nitrogens with one attached hydrogen (secondary N) is 1. The number of benzene rings is 1. The van der Waals surface area contributed by atoms with E-state index >= 15 is 0 Å². The van der Waals surface area contributed by atoms with Crippen molar-refractivity contribution in [3.05, 3.63) is 64.9 Å². The van der Waals surface area contributed by atoms with Crippen LogP contribution in [0.5, 0.6) is 0 Å². The Kier molecular flexibility index (Phi) is 5.80. The second kappa shape index (κ2) is 7.12. The minimum absolute atomic E-state index is 0. The Hall–Kier alpha value is -1.58. The lowest BCUT2D eigenvalue weighted by atomic mass is 10.1. The molecule has 2 aromatic rings. The molecule has 1 N–H and O–H groups in total. The van der Waals surface area contributed by atoms with Crippen LogP contribution in [0.1, 0.15) is 11.1 Å². The summed E-state index contributed by atoms with van der Waals surface area (Å²) in [5.74, 6) is -0.0637. The van der Waals surface area contributed by atoms with Crippen LogP contribution in [-0.4, -0.2) is 5.91 Å². The molecule has 0 unspecified atom stereocenters. The fourth-order valence-electron chi connectivity index (χ4n) is 1.55. The SMILES string of the molecule is Cc1cc[n+](NC(=O)Cc2ccc(Cl)cc2)cc1.[Cl-]. The molecule has 0 saturated heterocycles. The van der Waals surface area contributed by atoms with Gasteiger partial charge in [0.15, 0.2) is 12.4 Å². The van der Waals surface area contributed by atoms with Gasteiger partial charge in [-0.2, -0.15) is 0 Å². The van der Waals surface area contributed by atoms with Crippen molar-refractivity contribution >= 4 is 17.5 Å². The van der Waals surface area contributed by atoms with Crippen molar-refractivity contribution in [1.82, 2.24) is 0 Å². The Balaban J connectivity index is 0.00000180. The molecule has 1 heterocycles. The first-order valence-electron chi connectivity index (χ1n) is 5.66. The standard InChI is InChI=1S/C14H13ClN2O.ClH/c1-11-6-8-17(9-7-11)16-14(18)10-12-2-4-13(15)5-3-12;/h2-9H,10H2,1H3;1H. The van der Waals surface area contributed by atoms with Crippen LogP contribution in [0.4, 0.5) is 0 Å². The van der Waals surface area contributed by atoms with Crippen molar-refractivity contribution < 1.29 is 21.9 Å². The molecule has 2 rings (SSSR count). The molecule has 19 heavy (non-hydrogen) atoms. The number of hydrogen-bond acceptors (Lipinski definition) is 1. The summed E-state index contributed by atoms with van der Waals surface area (Å²) in [7, 11) is 0. The number of carbonyl (C=O) groups excluding carboxylic acids is 1. The van der Waals surface area contributed by atoms with E-state index in [1.165, 1.54) is 0 Å². The Bertz CT molecular complexity index is 489. The lowest BCUT2D eigenvalue weighted by Crippen LogP contribution is -3.00. The van der Waals surface area contributed by atoms with Gasteiger partial charge in [0.2, 0.25) is 0 Å². The fourth-order valence-corrected chi connectivity index (χ4v) is 1.67. The predicted molar refractivity (Wildman–Crippen MR) is 70.9 cm³/mol. The highest BCUT2D eigenvalue weighted by molar-refractivity contribution is 6.30. The third kappa shape index (κ3) is 4.89. The van der Waals surface area contributed by atoms with Crippen LogP contribution in [-0.2, 0) is 11.2 Å². The third-order valence-corrected chi connectivity index (χ3v) is 2.78. The van der Waals surface area contributed by atoms with E-state index in [0.29, 0.717) is 11.4 Å². The zero-order valence-corrected chi connectivity index (χ0v) is 11.9. The largest absolute Gasteiger partial charge is 1.00 e. The van der Waals surface area contributed by atoms with Gasteiger partial charge in [0.05, 0.1) is 6.42 Å². The van der Waals surface area contributed by atoms with E-state index < -0.39 is 0 Å². The summed E-state index contributed by atoms with van der Waals surface area (Å²) < 4.78 is 1.64. The molecule has 0 aliphatic carbocycles. The van der Waals surface area contributed by atoms with Crippen molar-refractivity contribution in [3.63, 3.8) is 0 Å². The molecule has 0 fully saturated rings. The lowest BCUT2D eigenvalue weighted by Gasteiger charge is -2.01. The summed E-state index contributed by atoms with van der Waals surface area (Å²) in [6.07, 6.45) is 3.96. The highest BCUT2D eigenvalue weighted by atomic mass is 35.5. The van der Waals surface area contributed by atoms with Gasteiger partial charge < -0.3 is 12.4 Å². The van der Waals surface area contributed by atoms with Crippen LogP contribution in [0.2, 0.25) is 5.02 Å². The summed E-state index contributed by atoms with van der Waals surface area (Å²) in [4.78, 5) is 11.8. The molecule has 0 saturated carbocycles. The van der Waals surface area contributed by atoms with Gasteiger partial charge in [-0.1, -0.05) is 28.4 Å². The number of amides is 1. The van der Waals surface area contributed by atoms with Gasteiger partial charge in [0.25, 0.3) is 5.91 Å². The number of carbonyl (C=O) groups is 1. The molecule has 0 atom stereocenters. The van der Waals surface area contributed by atoms with E-state index in [0.717, 1.165) is 11.1 Å². The Labute approximate surface area is 123 Å². The van der Waals surface area contributed by atoms with Crippen molar-refractivity contribution in [3.8, 4) is 0 Å². The number of rotatable bonds is 3. The summed E-state index contributed by atoms with van der Waals surface area (Å²) in [6, 6.07) is 11.1. The average molecular weight is 297 g/mol. The minimum atomic E-state index is -0.0637. The number of aryl methyl sites for hydroxylation is 1. The second-order valence-electron chi connectivity index (χ2n) is 4.12. The topological polar surface area (TPSA) is 33.0 Å². The predicted octanol–water partition coefficient (Wildman–Crippen LogP) is -0.747. The first-order valence-corrected chi connectivity index (χ1v) is 6.03. The maximum Gasteiger partial charge on any atom is 0.279 e. The summed E-state index contributed by atoms with van der Waals surface area (Å²) >= 11 is 5.79. The zero-order valence-electron chi connectivity index (χ0n) is 10.4. The third-order valence-electron chi connectivity index (χ3n) is 2.53. The van der Waals surface area contributed by atoms with E-state index in [2.05, 4.69) is 5.43 Å². The maximum absolute atomic E-state index is 11.8. The number of aromatic nitrogens is 1. The van der Waals surface area contributed by atoms with E-state index in [-0.39, 0.29) is 18.3 Å². The Morgan fingerprint density at radius 2 is 1.74 bits per heavy atom. The lowest BCUT2D eigenvalue weighted by molar-refractivity contribution is -0.642. The van der Waals surface area contributed by atoms with E-state index in [1.54, 1.807) is 16.8 Å². The molecule has 0 radical (unpaired) electrons. The van der Waals surface area contributed by atoms with E-state index in [9.17, 15) is 4.79 Å². The van der Waals surface area contributed by atoms with Crippen molar-refractivity contribution in [2.75, 3.05) is 5.43 Å². The van der Waals surface area contributed by atoms with Crippen LogP contribution in [0.25, 0.3) is 0 Å². The Morgan fingerprint density at radius 1 is 1.16 bits per heavy atom. The van der Waals surface area contributed by atoms with Gasteiger partial charge in [-0.3, -0.25) is 4.79 Å².